The lowest BCUT2D eigenvalue weighted by atomic mass is 10.3. The fourth-order valence-corrected chi connectivity index (χ4v) is 1.34. The van der Waals surface area contributed by atoms with Crippen molar-refractivity contribution >= 4 is 11.9 Å². The molecule has 7 heteroatoms. The van der Waals surface area contributed by atoms with E-state index in [0.717, 1.165) is 0 Å². The number of nitrogens with zero attached hydrogens (tertiary/aromatic N) is 4. The van der Waals surface area contributed by atoms with Crippen LogP contribution in [0.4, 0.5) is 5.95 Å². The summed E-state index contributed by atoms with van der Waals surface area (Å²) >= 11 is 0. The van der Waals surface area contributed by atoms with Crippen LogP contribution in [0, 0.1) is 0 Å². The largest absolute Gasteiger partial charge is 0.396 e. The molecule has 3 N–H and O–H groups in total. The number of amides is 1. The number of likely N-dealkylation sites (N-methyl/N-ethyl adjacent to an activating group) is 1. The smallest absolute Gasteiger partial charge is 0.244 e. The first kappa shape index (κ1) is 12.4. The third-order valence-corrected chi connectivity index (χ3v) is 2.17. The summed E-state index contributed by atoms with van der Waals surface area (Å²) in [5.41, 5.74) is 5.34. The van der Waals surface area contributed by atoms with Gasteiger partial charge < -0.3 is 15.7 Å². The first-order chi connectivity index (χ1) is 7.67. The van der Waals surface area contributed by atoms with Crippen LogP contribution in [0.1, 0.15) is 13.3 Å². The van der Waals surface area contributed by atoms with Gasteiger partial charge in [0.15, 0.2) is 0 Å². The number of nitrogens with two attached hydrogens (primary N) is 1. The minimum Gasteiger partial charge on any atom is -0.396 e. The molecule has 7 nitrogen and oxygen atoms in total. The van der Waals surface area contributed by atoms with E-state index in [1.807, 2.05) is 6.92 Å². The van der Waals surface area contributed by atoms with Gasteiger partial charge in [0, 0.05) is 19.7 Å². The highest BCUT2D eigenvalue weighted by Gasteiger charge is 2.12. The first-order valence-electron chi connectivity index (χ1n) is 5.21. The van der Waals surface area contributed by atoms with Crippen molar-refractivity contribution in [3.8, 4) is 0 Å². The number of carbonyl (C=O) groups excluding carboxylic acids is 1. The van der Waals surface area contributed by atoms with Gasteiger partial charge in [-0.05, 0) is 13.3 Å². The maximum absolute atomic E-state index is 11.8. The van der Waals surface area contributed by atoms with E-state index in [2.05, 4.69) is 10.1 Å². The van der Waals surface area contributed by atoms with Gasteiger partial charge in [-0.15, -0.1) is 5.10 Å². The molecule has 0 aliphatic heterocycles. The van der Waals surface area contributed by atoms with Crippen LogP contribution in [-0.4, -0.2) is 50.4 Å². The fraction of sp³-hybridized carbons (Fsp3) is 0.667. The van der Waals surface area contributed by atoms with Crippen LogP contribution in [0.15, 0.2) is 6.33 Å². The molecule has 0 saturated heterocycles. The van der Waals surface area contributed by atoms with Crippen molar-refractivity contribution in [1.82, 2.24) is 19.7 Å². The van der Waals surface area contributed by atoms with E-state index in [0.29, 0.717) is 19.5 Å². The average molecular weight is 227 g/mol. The van der Waals surface area contributed by atoms with E-state index in [4.69, 9.17) is 10.8 Å². The molecule has 0 radical (unpaired) electrons. The average Bonchev–Trinajstić information content (AvgIpc) is 2.65. The second-order valence-corrected chi connectivity index (χ2v) is 3.35. The zero-order valence-electron chi connectivity index (χ0n) is 9.33. The summed E-state index contributed by atoms with van der Waals surface area (Å²) in [6.07, 6.45) is 2.01. The number of aliphatic hydroxyl groups is 1. The molecule has 16 heavy (non-hydrogen) atoms. The molecule has 90 valence electrons. The number of nitrogen functional groups attached to an aromatic ring is 1. The van der Waals surface area contributed by atoms with Crippen molar-refractivity contribution in [3.05, 3.63) is 6.33 Å². The van der Waals surface area contributed by atoms with Crippen molar-refractivity contribution in [2.45, 2.75) is 19.9 Å². The third kappa shape index (κ3) is 3.50. The Bertz CT molecular complexity index is 338. The van der Waals surface area contributed by atoms with Crippen LogP contribution >= 0.6 is 0 Å². The van der Waals surface area contributed by atoms with E-state index in [1.165, 1.54) is 11.0 Å². The molecule has 0 bridgehead atoms. The van der Waals surface area contributed by atoms with Crippen LogP contribution in [0.5, 0.6) is 0 Å². The van der Waals surface area contributed by atoms with Gasteiger partial charge in [-0.1, -0.05) is 0 Å². The lowest BCUT2D eigenvalue weighted by molar-refractivity contribution is -0.132. The Morgan fingerprint density at radius 2 is 2.44 bits per heavy atom. The van der Waals surface area contributed by atoms with Gasteiger partial charge in [0.2, 0.25) is 11.9 Å². The Morgan fingerprint density at radius 3 is 2.94 bits per heavy atom. The molecule has 0 unspecified atom stereocenters. The summed E-state index contributed by atoms with van der Waals surface area (Å²) in [6.45, 7) is 3.27. The predicted octanol–water partition coefficient (Wildman–Crippen LogP) is -0.909. The maximum atomic E-state index is 11.8. The van der Waals surface area contributed by atoms with Crippen LogP contribution in [0.3, 0.4) is 0 Å². The minimum atomic E-state index is -0.0548. The fourth-order valence-electron chi connectivity index (χ4n) is 1.34. The highest BCUT2D eigenvalue weighted by Crippen LogP contribution is 1.96. The Hall–Kier alpha value is -1.63. The number of hydrogen-bond donors (Lipinski definition) is 2. The van der Waals surface area contributed by atoms with Crippen molar-refractivity contribution in [2.75, 3.05) is 25.4 Å². The lowest BCUT2D eigenvalue weighted by Gasteiger charge is -2.20. The molecule has 1 amide bonds. The molecule has 1 heterocycles. The standard InChI is InChI=1S/C9H17N5O2/c1-2-13(4-3-5-15)8(16)6-14-7-11-9(10)12-14/h7,15H,2-6H2,1H3,(H2,10,12). The highest BCUT2D eigenvalue weighted by atomic mass is 16.3. The highest BCUT2D eigenvalue weighted by molar-refractivity contribution is 5.75. The Kier molecular flexibility index (Phi) is 4.71. The van der Waals surface area contributed by atoms with Gasteiger partial charge in [-0.2, -0.15) is 0 Å². The van der Waals surface area contributed by atoms with Crippen LogP contribution in [0.25, 0.3) is 0 Å². The van der Waals surface area contributed by atoms with Crippen LogP contribution < -0.4 is 5.73 Å². The van der Waals surface area contributed by atoms with Gasteiger partial charge in [-0.25, -0.2) is 9.67 Å². The van der Waals surface area contributed by atoms with Crippen molar-refractivity contribution in [3.63, 3.8) is 0 Å². The van der Waals surface area contributed by atoms with E-state index in [1.54, 1.807) is 4.90 Å². The summed E-state index contributed by atoms with van der Waals surface area (Å²) in [5, 5.41) is 12.5. The summed E-state index contributed by atoms with van der Waals surface area (Å²) in [6, 6.07) is 0. The predicted molar refractivity (Wildman–Crippen MR) is 58.4 cm³/mol. The molecule has 0 fully saturated rings. The second-order valence-electron chi connectivity index (χ2n) is 3.35. The summed E-state index contributed by atoms with van der Waals surface area (Å²) < 4.78 is 1.40. The molecule has 1 rings (SSSR count). The normalized spacial score (nSPS) is 10.4. The van der Waals surface area contributed by atoms with Crippen LogP contribution in [0.2, 0.25) is 0 Å². The van der Waals surface area contributed by atoms with E-state index < -0.39 is 0 Å². The molecular formula is C9H17N5O2. The van der Waals surface area contributed by atoms with Gasteiger partial charge in [0.05, 0.1) is 0 Å². The molecule has 0 aliphatic rings. The lowest BCUT2D eigenvalue weighted by Crippen LogP contribution is -2.35. The second kappa shape index (κ2) is 6.06. The maximum Gasteiger partial charge on any atom is 0.244 e. The third-order valence-electron chi connectivity index (χ3n) is 2.17. The monoisotopic (exact) mass is 227 g/mol. The van der Waals surface area contributed by atoms with Crippen LogP contribution in [-0.2, 0) is 11.3 Å². The van der Waals surface area contributed by atoms with Gasteiger partial charge in [-0.3, -0.25) is 4.79 Å². The zero-order chi connectivity index (χ0) is 12.0. The zero-order valence-corrected chi connectivity index (χ0v) is 9.33. The summed E-state index contributed by atoms with van der Waals surface area (Å²) in [4.78, 5) is 17.2. The summed E-state index contributed by atoms with van der Waals surface area (Å²) in [7, 11) is 0. The van der Waals surface area contributed by atoms with E-state index in [9.17, 15) is 4.79 Å². The number of aliphatic hydroxyl groups excluding tert-OH is 1. The molecule has 0 saturated carbocycles. The molecule has 1 aromatic rings. The van der Waals surface area contributed by atoms with Crippen molar-refractivity contribution in [2.24, 2.45) is 0 Å². The van der Waals surface area contributed by atoms with E-state index >= 15 is 0 Å². The Balaban J connectivity index is 2.49. The minimum absolute atomic E-state index is 0.0548. The topological polar surface area (TPSA) is 97.3 Å². The van der Waals surface area contributed by atoms with Gasteiger partial charge in [0.25, 0.3) is 0 Å². The van der Waals surface area contributed by atoms with E-state index in [-0.39, 0.29) is 25.0 Å². The number of aromatic nitrogens is 3. The first-order valence-corrected chi connectivity index (χ1v) is 5.21. The number of rotatable bonds is 6. The van der Waals surface area contributed by atoms with Gasteiger partial charge in [0.1, 0.15) is 12.9 Å². The number of anilines is 1. The molecule has 0 aromatic carbocycles. The SMILES string of the molecule is CCN(CCCO)C(=O)Cn1cnc(N)n1. The van der Waals surface area contributed by atoms with Crippen molar-refractivity contribution < 1.29 is 9.90 Å². The Labute approximate surface area is 93.9 Å². The molecule has 1 aromatic heterocycles. The summed E-state index contributed by atoms with van der Waals surface area (Å²) in [5.74, 6) is 0.104. The van der Waals surface area contributed by atoms with Crippen molar-refractivity contribution in [1.29, 1.82) is 0 Å². The quantitative estimate of drug-likeness (QED) is 0.655. The molecule has 0 spiro atoms. The Morgan fingerprint density at radius 1 is 1.69 bits per heavy atom. The molecule has 0 aliphatic carbocycles. The molecular weight excluding hydrogens is 210 g/mol. The van der Waals surface area contributed by atoms with Gasteiger partial charge >= 0.3 is 0 Å². The number of hydrogen-bond acceptors (Lipinski definition) is 5. The molecule has 0 atom stereocenters. The number of carbonyl (C=O) groups is 1.